The van der Waals surface area contributed by atoms with E-state index in [9.17, 15) is 14.4 Å². The second kappa shape index (κ2) is 9.13. The molecule has 2 heterocycles. The van der Waals surface area contributed by atoms with Gasteiger partial charge in [0.1, 0.15) is 10.6 Å². The van der Waals surface area contributed by atoms with Gasteiger partial charge in [-0.1, -0.05) is 31.5 Å². The van der Waals surface area contributed by atoms with Crippen molar-refractivity contribution in [3.63, 3.8) is 0 Å². The summed E-state index contributed by atoms with van der Waals surface area (Å²) < 4.78 is 8.30. The van der Waals surface area contributed by atoms with Crippen molar-refractivity contribution in [1.29, 1.82) is 0 Å². The molecule has 8 heteroatoms. The third-order valence-corrected chi connectivity index (χ3v) is 5.97. The lowest BCUT2D eigenvalue weighted by Crippen LogP contribution is -2.25. The largest absolute Gasteiger partial charge is 0.451 e. The Morgan fingerprint density at radius 2 is 1.87 bits per heavy atom. The van der Waals surface area contributed by atoms with E-state index in [-0.39, 0.29) is 11.2 Å². The summed E-state index contributed by atoms with van der Waals surface area (Å²) in [6.45, 7) is 5.33. The highest BCUT2D eigenvalue weighted by atomic mass is 32.1. The van der Waals surface area contributed by atoms with E-state index >= 15 is 0 Å². The molecule has 158 valence electrons. The van der Waals surface area contributed by atoms with E-state index in [4.69, 9.17) is 4.74 Å². The molecular formula is C22H25N3O4S. The van der Waals surface area contributed by atoms with Gasteiger partial charge < -0.3 is 10.1 Å². The Morgan fingerprint density at radius 3 is 2.53 bits per heavy atom. The molecule has 0 unspecified atom stereocenters. The van der Waals surface area contributed by atoms with Gasteiger partial charge >= 0.3 is 5.97 Å². The highest BCUT2D eigenvalue weighted by molar-refractivity contribution is 7.14. The van der Waals surface area contributed by atoms with Gasteiger partial charge in [-0.2, -0.15) is 0 Å². The molecule has 0 aliphatic rings. The molecule has 0 aliphatic heterocycles. The second-order valence-corrected chi connectivity index (χ2v) is 8.26. The van der Waals surface area contributed by atoms with Crippen molar-refractivity contribution in [2.24, 2.45) is 7.05 Å². The number of aromatic nitrogens is 2. The minimum atomic E-state index is -0.559. The van der Waals surface area contributed by atoms with Crippen LogP contribution in [0.3, 0.4) is 0 Å². The van der Waals surface area contributed by atoms with E-state index in [1.807, 2.05) is 43.3 Å². The summed E-state index contributed by atoms with van der Waals surface area (Å²) in [4.78, 5) is 39.0. The first kappa shape index (κ1) is 21.6. The van der Waals surface area contributed by atoms with Gasteiger partial charge in [-0.25, -0.2) is 9.48 Å². The summed E-state index contributed by atoms with van der Waals surface area (Å²) in [5.74, 6) is -1.09. The normalized spacial score (nSPS) is 10.8. The number of rotatable bonds is 7. The van der Waals surface area contributed by atoms with E-state index in [1.165, 1.54) is 16.0 Å². The van der Waals surface area contributed by atoms with Gasteiger partial charge in [0.15, 0.2) is 6.61 Å². The Balaban J connectivity index is 1.69. The van der Waals surface area contributed by atoms with E-state index in [2.05, 4.69) is 12.2 Å². The van der Waals surface area contributed by atoms with Crippen LogP contribution in [-0.4, -0.2) is 27.8 Å². The van der Waals surface area contributed by atoms with Crippen molar-refractivity contribution < 1.29 is 14.3 Å². The number of carbonyl (C=O) groups is 2. The summed E-state index contributed by atoms with van der Waals surface area (Å²) in [5, 5.41) is 2.59. The van der Waals surface area contributed by atoms with Gasteiger partial charge in [-0.3, -0.25) is 14.3 Å². The van der Waals surface area contributed by atoms with E-state index in [1.54, 1.807) is 18.7 Å². The fourth-order valence-corrected chi connectivity index (χ4v) is 4.19. The van der Waals surface area contributed by atoms with Gasteiger partial charge in [0.25, 0.3) is 11.5 Å². The summed E-state index contributed by atoms with van der Waals surface area (Å²) in [6, 6.07) is 11.0. The zero-order valence-electron chi connectivity index (χ0n) is 17.5. The zero-order chi connectivity index (χ0) is 21.8. The topological polar surface area (TPSA) is 82.3 Å². The molecule has 0 atom stereocenters. The lowest BCUT2D eigenvalue weighted by Gasteiger charge is -2.07. The minimum Gasteiger partial charge on any atom is -0.451 e. The number of carbonyl (C=O) groups excluding carboxylic acids is 2. The molecule has 0 radical (unpaired) electrons. The Labute approximate surface area is 178 Å². The maximum Gasteiger partial charge on any atom is 0.348 e. The molecule has 1 N–H and O–H groups in total. The number of hydrogen-bond donors (Lipinski definition) is 1. The Bertz CT molecular complexity index is 1130. The first-order valence-corrected chi connectivity index (χ1v) is 10.6. The third kappa shape index (κ3) is 4.38. The van der Waals surface area contributed by atoms with Crippen LogP contribution in [0.1, 0.15) is 39.2 Å². The highest BCUT2D eigenvalue weighted by Gasteiger charge is 2.20. The van der Waals surface area contributed by atoms with Crippen LogP contribution in [0.25, 0.3) is 5.69 Å². The third-order valence-electron chi connectivity index (χ3n) is 4.89. The number of aryl methyl sites for hydroxylation is 2. The molecule has 0 aliphatic carbocycles. The maximum atomic E-state index is 12.8. The van der Waals surface area contributed by atoms with Crippen LogP contribution in [0.2, 0.25) is 0 Å². The number of para-hydroxylation sites is 1. The van der Waals surface area contributed by atoms with Crippen molar-refractivity contribution in [2.75, 3.05) is 11.9 Å². The number of anilines is 1. The molecule has 0 saturated carbocycles. The van der Waals surface area contributed by atoms with Crippen molar-refractivity contribution in [3.8, 4) is 5.69 Å². The molecule has 7 nitrogen and oxygen atoms in total. The molecule has 3 aromatic rings. The Morgan fingerprint density at radius 1 is 1.17 bits per heavy atom. The van der Waals surface area contributed by atoms with E-state index < -0.39 is 18.5 Å². The minimum absolute atomic E-state index is 0.166. The quantitative estimate of drug-likeness (QED) is 0.584. The molecule has 0 saturated heterocycles. The van der Waals surface area contributed by atoms with Gasteiger partial charge in [0, 0.05) is 11.9 Å². The van der Waals surface area contributed by atoms with E-state index in [0.29, 0.717) is 16.3 Å². The summed E-state index contributed by atoms with van der Waals surface area (Å²) in [6.07, 6.45) is 1.89. The fraction of sp³-hybridized carbons (Fsp3) is 0.318. The number of amides is 1. The first-order chi connectivity index (χ1) is 14.3. The molecule has 1 aromatic carbocycles. The molecule has 1 amide bonds. The van der Waals surface area contributed by atoms with Crippen molar-refractivity contribution in [2.45, 2.75) is 33.6 Å². The second-order valence-electron chi connectivity index (χ2n) is 7.00. The van der Waals surface area contributed by atoms with Crippen molar-refractivity contribution in [3.05, 3.63) is 67.8 Å². The summed E-state index contributed by atoms with van der Waals surface area (Å²) in [7, 11) is 1.74. The standard InChI is InChI=1S/C22H25N3O4S/c1-5-9-16-12-18(30-15(16)3)22(28)29-13-19(26)23-20-14(2)24(4)25(21(20)27)17-10-7-6-8-11-17/h6-8,10-12H,5,9,13H2,1-4H3,(H,23,26). The average Bonchev–Trinajstić information content (AvgIpc) is 3.20. The van der Waals surface area contributed by atoms with Crippen LogP contribution in [-0.2, 0) is 23.0 Å². The number of thiophene rings is 1. The summed E-state index contributed by atoms with van der Waals surface area (Å²) >= 11 is 1.36. The molecule has 0 spiro atoms. The monoisotopic (exact) mass is 427 g/mol. The Kier molecular flexibility index (Phi) is 6.56. The first-order valence-electron chi connectivity index (χ1n) is 9.73. The van der Waals surface area contributed by atoms with Crippen LogP contribution >= 0.6 is 11.3 Å². The molecule has 2 aromatic heterocycles. The number of hydrogen-bond acceptors (Lipinski definition) is 5. The van der Waals surface area contributed by atoms with Crippen LogP contribution in [0.15, 0.2) is 41.2 Å². The predicted molar refractivity (Wildman–Crippen MR) is 118 cm³/mol. The number of nitrogens with one attached hydrogen (secondary N) is 1. The van der Waals surface area contributed by atoms with Crippen LogP contribution in [0.5, 0.6) is 0 Å². The smallest absolute Gasteiger partial charge is 0.348 e. The number of benzene rings is 1. The maximum absolute atomic E-state index is 12.8. The zero-order valence-corrected chi connectivity index (χ0v) is 18.3. The Hall–Kier alpha value is -3.13. The SMILES string of the molecule is CCCc1cc(C(=O)OCC(=O)Nc2c(C)n(C)n(-c3ccccc3)c2=O)sc1C. The lowest BCUT2D eigenvalue weighted by atomic mass is 10.1. The molecule has 0 fully saturated rings. The predicted octanol–water partition coefficient (Wildman–Crippen LogP) is 3.60. The molecule has 30 heavy (non-hydrogen) atoms. The van der Waals surface area contributed by atoms with Gasteiger partial charge in [0.2, 0.25) is 0 Å². The molecule has 3 rings (SSSR count). The van der Waals surface area contributed by atoms with Gasteiger partial charge in [0.05, 0.1) is 11.4 Å². The van der Waals surface area contributed by atoms with E-state index in [0.717, 1.165) is 23.3 Å². The number of nitrogens with zero attached hydrogens (tertiary/aromatic N) is 2. The summed E-state index contributed by atoms with van der Waals surface area (Å²) in [5.41, 5.74) is 2.23. The number of ether oxygens (including phenoxy) is 1. The highest BCUT2D eigenvalue weighted by Crippen LogP contribution is 2.23. The fourth-order valence-electron chi connectivity index (χ4n) is 3.23. The average molecular weight is 428 g/mol. The molecule has 0 bridgehead atoms. The molecular weight excluding hydrogens is 402 g/mol. The van der Waals surface area contributed by atoms with Gasteiger partial charge in [-0.15, -0.1) is 11.3 Å². The van der Waals surface area contributed by atoms with Crippen molar-refractivity contribution >= 4 is 28.9 Å². The van der Waals surface area contributed by atoms with Gasteiger partial charge in [-0.05, 0) is 44.0 Å². The number of esters is 1. The lowest BCUT2D eigenvalue weighted by molar-refractivity contribution is -0.119. The van der Waals surface area contributed by atoms with Crippen LogP contribution < -0.4 is 10.9 Å². The van der Waals surface area contributed by atoms with Crippen molar-refractivity contribution in [1.82, 2.24) is 9.36 Å². The van der Waals surface area contributed by atoms with Crippen LogP contribution in [0.4, 0.5) is 5.69 Å². The van der Waals surface area contributed by atoms with Crippen LogP contribution in [0, 0.1) is 13.8 Å².